The molecule has 0 aliphatic heterocycles. The Kier molecular flexibility index (Phi) is 4.31. The maximum atomic E-state index is 4.71. The molecule has 0 saturated carbocycles. The van der Waals surface area contributed by atoms with Crippen LogP contribution in [0.5, 0.6) is 0 Å². The van der Waals surface area contributed by atoms with E-state index in [0.717, 1.165) is 13.0 Å². The van der Waals surface area contributed by atoms with Gasteiger partial charge in [-0.15, -0.1) is 22.7 Å². The molecular formula is C13H18N2S2. The summed E-state index contributed by atoms with van der Waals surface area (Å²) in [5.41, 5.74) is 1.19. The van der Waals surface area contributed by atoms with Crippen molar-refractivity contribution < 1.29 is 0 Å². The van der Waals surface area contributed by atoms with Gasteiger partial charge < -0.3 is 5.32 Å². The van der Waals surface area contributed by atoms with Gasteiger partial charge in [-0.1, -0.05) is 13.0 Å². The first-order chi connectivity index (χ1) is 8.26. The number of rotatable bonds is 5. The molecule has 1 atom stereocenters. The molecule has 0 aliphatic rings. The Labute approximate surface area is 111 Å². The fraction of sp³-hybridized carbons (Fsp3) is 0.462. The van der Waals surface area contributed by atoms with Gasteiger partial charge in [-0.05, 0) is 31.8 Å². The van der Waals surface area contributed by atoms with Gasteiger partial charge in [-0.2, -0.15) is 0 Å². The zero-order chi connectivity index (χ0) is 12.3. The van der Waals surface area contributed by atoms with Crippen molar-refractivity contribution in [2.45, 2.75) is 26.2 Å². The fourth-order valence-corrected chi connectivity index (χ4v) is 4.01. The second-order valence-electron chi connectivity index (χ2n) is 4.11. The molecule has 1 unspecified atom stereocenters. The lowest BCUT2D eigenvalue weighted by molar-refractivity contribution is 0.616. The monoisotopic (exact) mass is 266 g/mol. The summed E-state index contributed by atoms with van der Waals surface area (Å²) in [5.74, 6) is 0.589. The van der Waals surface area contributed by atoms with E-state index in [0.29, 0.717) is 5.92 Å². The molecule has 0 radical (unpaired) electrons. The second kappa shape index (κ2) is 5.76. The lowest BCUT2D eigenvalue weighted by Crippen LogP contribution is -2.16. The van der Waals surface area contributed by atoms with Crippen LogP contribution >= 0.6 is 22.7 Å². The van der Waals surface area contributed by atoms with Gasteiger partial charge in [-0.3, -0.25) is 0 Å². The first-order valence-electron chi connectivity index (χ1n) is 5.92. The lowest BCUT2D eigenvalue weighted by atomic mass is 10.0. The highest BCUT2D eigenvalue weighted by Gasteiger charge is 2.17. The van der Waals surface area contributed by atoms with Crippen LogP contribution in [-0.4, -0.2) is 18.6 Å². The minimum atomic E-state index is 0.589. The molecule has 2 heterocycles. The van der Waals surface area contributed by atoms with Crippen LogP contribution in [0.3, 0.4) is 0 Å². The van der Waals surface area contributed by atoms with Crippen LogP contribution < -0.4 is 5.32 Å². The molecule has 0 aromatic carbocycles. The predicted molar refractivity (Wildman–Crippen MR) is 77.1 cm³/mol. The molecule has 1 N–H and O–H groups in total. The number of nitrogens with one attached hydrogen (secondary N) is 1. The number of nitrogens with zero attached hydrogens (tertiary/aromatic N) is 1. The maximum absolute atomic E-state index is 4.71. The minimum absolute atomic E-state index is 0.589. The average Bonchev–Trinajstić information content (AvgIpc) is 2.95. The molecular weight excluding hydrogens is 248 g/mol. The number of likely N-dealkylation sites (N-methyl/N-ethyl adjacent to an activating group) is 1. The lowest BCUT2D eigenvalue weighted by Gasteiger charge is -2.12. The second-order valence-corrected chi connectivity index (χ2v) is 6.09. The van der Waals surface area contributed by atoms with E-state index in [1.165, 1.54) is 20.5 Å². The van der Waals surface area contributed by atoms with Crippen LogP contribution in [-0.2, 0) is 0 Å². The number of thiazole rings is 1. The van der Waals surface area contributed by atoms with Gasteiger partial charge in [0.1, 0.15) is 5.01 Å². The number of hydrogen-bond donors (Lipinski definition) is 1. The summed E-state index contributed by atoms with van der Waals surface area (Å²) in [5, 5.41) is 6.55. The highest BCUT2D eigenvalue weighted by Crippen LogP contribution is 2.35. The predicted octanol–water partition coefficient (Wildman–Crippen LogP) is 3.89. The third-order valence-corrected chi connectivity index (χ3v) is 5.24. The van der Waals surface area contributed by atoms with Gasteiger partial charge in [0.2, 0.25) is 0 Å². The number of thiophene rings is 1. The molecule has 0 fully saturated rings. The molecule has 0 amide bonds. The fourth-order valence-electron chi connectivity index (χ4n) is 1.96. The van der Waals surface area contributed by atoms with Crippen LogP contribution in [0.15, 0.2) is 17.5 Å². The van der Waals surface area contributed by atoms with E-state index < -0.39 is 0 Å². The highest BCUT2D eigenvalue weighted by atomic mass is 32.1. The Hall–Kier alpha value is -0.710. The summed E-state index contributed by atoms with van der Waals surface area (Å²) in [6.07, 6.45) is 1.16. The molecule has 2 aromatic heterocycles. The normalized spacial score (nSPS) is 12.9. The molecule has 92 valence electrons. The van der Waals surface area contributed by atoms with Crippen molar-refractivity contribution >= 4 is 22.7 Å². The van der Waals surface area contributed by atoms with E-state index in [2.05, 4.69) is 36.7 Å². The molecule has 2 nitrogen and oxygen atoms in total. The van der Waals surface area contributed by atoms with Gasteiger partial charge in [-0.25, -0.2) is 4.98 Å². The smallest absolute Gasteiger partial charge is 0.133 e. The molecule has 17 heavy (non-hydrogen) atoms. The van der Waals surface area contributed by atoms with Crippen molar-refractivity contribution in [1.29, 1.82) is 0 Å². The number of aryl methyl sites for hydroxylation is 1. The Balaban J connectivity index is 2.30. The van der Waals surface area contributed by atoms with Crippen molar-refractivity contribution in [2.24, 2.45) is 0 Å². The van der Waals surface area contributed by atoms with Crippen molar-refractivity contribution in [1.82, 2.24) is 10.3 Å². The Morgan fingerprint density at radius 3 is 2.88 bits per heavy atom. The average molecular weight is 266 g/mol. The minimum Gasteiger partial charge on any atom is -0.319 e. The Morgan fingerprint density at radius 1 is 1.47 bits per heavy atom. The van der Waals surface area contributed by atoms with Crippen LogP contribution in [0.25, 0.3) is 9.88 Å². The van der Waals surface area contributed by atoms with Gasteiger partial charge >= 0.3 is 0 Å². The third-order valence-electron chi connectivity index (χ3n) is 2.88. The molecule has 0 saturated heterocycles. The summed E-state index contributed by atoms with van der Waals surface area (Å²) >= 11 is 3.61. The van der Waals surface area contributed by atoms with Crippen LogP contribution in [0.1, 0.15) is 29.8 Å². The number of hydrogen-bond acceptors (Lipinski definition) is 4. The molecule has 2 rings (SSSR count). The Morgan fingerprint density at radius 2 is 2.29 bits per heavy atom. The van der Waals surface area contributed by atoms with Crippen LogP contribution in [0, 0.1) is 6.92 Å². The first-order valence-corrected chi connectivity index (χ1v) is 7.61. The summed E-state index contributed by atoms with van der Waals surface area (Å²) in [6, 6.07) is 4.23. The van der Waals surface area contributed by atoms with Crippen molar-refractivity contribution in [3.05, 3.63) is 28.1 Å². The van der Waals surface area contributed by atoms with Gasteiger partial charge in [0.25, 0.3) is 0 Å². The van der Waals surface area contributed by atoms with Gasteiger partial charge in [0, 0.05) is 17.3 Å². The molecule has 4 heteroatoms. The zero-order valence-corrected chi connectivity index (χ0v) is 12.1. The van der Waals surface area contributed by atoms with Crippen molar-refractivity contribution in [3.63, 3.8) is 0 Å². The standard InChI is InChI=1S/C13H18N2S2/c1-4-10(8-14-3)12-9(2)15-13(17-12)11-6-5-7-16-11/h5-7,10,14H,4,8H2,1-3H3. The molecule has 0 bridgehead atoms. The quantitative estimate of drug-likeness (QED) is 0.888. The van der Waals surface area contributed by atoms with E-state index in [-0.39, 0.29) is 0 Å². The molecule has 0 aliphatic carbocycles. The zero-order valence-electron chi connectivity index (χ0n) is 10.5. The van der Waals surface area contributed by atoms with Crippen molar-refractivity contribution in [3.8, 4) is 9.88 Å². The van der Waals surface area contributed by atoms with Gasteiger partial charge in [0.05, 0.1) is 10.6 Å². The van der Waals surface area contributed by atoms with E-state index in [1.807, 2.05) is 18.4 Å². The summed E-state index contributed by atoms with van der Waals surface area (Å²) in [6.45, 7) is 5.40. The Bertz CT molecular complexity index is 460. The van der Waals surface area contributed by atoms with E-state index in [1.54, 1.807) is 11.3 Å². The first kappa shape index (κ1) is 12.7. The number of aromatic nitrogens is 1. The van der Waals surface area contributed by atoms with Crippen LogP contribution in [0.4, 0.5) is 0 Å². The summed E-state index contributed by atoms with van der Waals surface area (Å²) < 4.78 is 0. The largest absolute Gasteiger partial charge is 0.319 e. The van der Waals surface area contributed by atoms with Crippen molar-refractivity contribution in [2.75, 3.05) is 13.6 Å². The SMILES string of the molecule is CCC(CNC)c1sc(-c2cccs2)nc1C. The third kappa shape index (κ3) is 2.76. The van der Waals surface area contributed by atoms with E-state index >= 15 is 0 Å². The molecule has 2 aromatic rings. The van der Waals surface area contributed by atoms with E-state index in [4.69, 9.17) is 4.98 Å². The topological polar surface area (TPSA) is 24.9 Å². The van der Waals surface area contributed by atoms with E-state index in [9.17, 15) is 0 Å². The highest BCUT2D eigenvalue weighted by molar-refractivity contribution is 7.21. The molecule has 0 spiro atoms. The summed E-state index contributed by atoms with van der Waals surface area (Å²) in [4.78, 5) is 7.42. The van der Waals surface area contributed by atoms with Crippen LogP contribution in [0.2, 0.25) is 0 Å². The van der Waals surface area contributed by atoms with Gasteiger partial charge in [0.15, 0.2) is 0 Å². The maximum Gasteiger partial charge on any atom is 0.133 e. The summed E-state index contributed by atoms with van der Waals surface area (Å²) in [7, 11) is 2.01.